The van der Waals surface area contributed by atoms with E-state index in [1.54, 1.807) is 0 Å². The second-order valence-electron chi connectivity index (χ2n) is 6.13. The Hall–Kier alpha value is -0.360. The molecule has 0 heterocycles. The van der Waals surface area contributed by atoms with Gasteiger partial charge in [0.05, 0.1) is 26.1 Å². The summed E-state index contributed by atoms with van der Waals surface area (Å²) in [6.45, 7) is 8.13. The molecule has 0 aliphatic carbocycles. The van der Waals surface area contributed by atoms with Crippen molar-refractivity contribution >= 4 is 37.2 Å². The predicted octanol–water partition coefficient (Wildman–Crippen LogP) is 3.05. The minimum absolute atomic E-state index is 0.251. The first-order valence-electron chi connectivity index (χ1n) is 6.76. The summed E-state index contributed by atoms with van der Waals surface area (Å²) in [4.78, 5) is 22.8. The van der Waals surface area contributed by atoms with E-state index < -0.39 is 0 Å². The molecule has 0 radical (unpaired) electrons. The number of rotatable bonds is 9. The molecule has 0 fully saturated rings. The monoisotopic (exact) mass is 322 g/mol. The number of unbranched alkanes of at least 4 members (excludes halogenated alkanes) is 1. The molecule has 0 N–H and O–H groups in total. The maximum atomic E-state index is 11.4. The van der Waals surface area contributed by atoms with Crippen molar-refractivity contribution < 1.29 is 19.1 Å². The topological polar surface area (TPSA) is 52.6 Å². The molecule has 0 aromatic carbocycles. The summed E-state index contributed by atoms with van der Waals surface area (Å²) >= 11 is 8.53. The Balaban J connectivity index is 3.54. The van der Waals surface area contributed by atoms with Gasteiger partial charge in [-0.2, -0.15) is 25.3 Å². The van der Waals surface area contributed by atoms with Crippen molar-refractivity contribution in [2.45, 2.75) is 62.9 Å². The van der Waals surface area contributed by atoms with Gasteiger partial charge in [-0.25, -0.2) is 0 Å². The second kappa shape index (κ2) is 8.82. The molecule has 0 aromatic rings. The quantitative estimate of drug-likeness (QED) is 0.389. The molecule has 0 aliphatic heterocycles. The van der Waals surface area contributed by atoms with Crippen LogP contribution in [0.4, 0.5) is 0 Å². The summed E-state index contributed by atoms with van der Waals surface area (Å²) in [5.41, 5.74) is 0. The number of carbonyl (C=O) groups is 2. The van der Waals surface area contributed by atoms with Gasteiger partial charge < -0.3 is 9.47 Å². The van der Waals surface area contributed by atoms with Crippen LogP contribution in [0.5, 0.6) is 0 Å². The van der Waals surface area contributed by atoms with Crippen LogP contribution >= 0.6 is 25.3 Å². The SMILES string of the molecule is CC(C)(S)CC(=O)OCCCCOC(=O)CC(C)(C)S. The molecule has 4 nitrogen and oxygen atoms in total. The molecule has 0 rings (SSSR count). The van der Waals surface area contributed by atoms with Crippen LogP contribution in [-0.4, -0.2) is 34.6 Å². The average Bonchev–Trinajstić information content (AvgIpc) is 2.17. The number of thiol groups is 2. The third kappa shape index (κ3) is 14.1. The summed E-state index contributed by atoms with van der Waals surface area (Å²) in [5.74, 6) is -0.502. The summed E-state index contributed by atoms with van der Waals surface area (Å²) in [5, 5.41) is 0. The van der Waals surface area contributed by atoms with Gasteiger partial charge in [-0.15, -0.1) is 0 Å². The van der Waals surface area contributed by atoms with E-state index in [1.165, 1.54) is 0 Å². The molecule has 118 valence electrons. The highest BCUT2D eigenvalue weighted by Crippen LogP contribution is 2.18. The van der Waals surface area contributed by atoms with Crippen molar-refractivity contribution in [2.75, 3.05) is 13.2 Å². The lowest BCUT2D eigenvalue weighted by atomic mass is 10.1. The van der Waals surface area contributed by atoms with Gasteiger partial charge in [0.25, 0.3) is 0 Å². The van der Waals surface area contributed by atoms with Crippen molar-refractivity contribution in [3.05, 3.63) is 0 Å². The molecular formula is C14H26O4S2. The molecule has 0 bridgehead atoms. The fraction of sp³-hybridized carbons (Fsp3) is 0.857. The molecule has 0 aromatic heterocycles. The zero-order valence-electron chi connectivity index (χ0n) is 12.8. The molecule has 6 heteroatoms. The standard InChI is InChI=1S/C14H26O4S2/c1-13(2,19)9-11(15)17-7-5-6-8-18-12(16)10-14(3,4)20/h19-20H,5-10H2,1-4H3. The van der Waals surface area contributed by atoms with E-state index in [9.17, 15) is 9.59 Å². The molecular weight excluding hydrogens is 296 g/mol. The van der Waals surface area contributed by atoms with E-state index in [4.69, 9.17) is 9.47 Å². The van der Waals surface area contributed by atoms with Crippen LogP contribution in [0.15, 0.2) is 0 Å². The van der Waals surface area contributed by atoms with Crippen LogP contribution in [0.3, 0.4) is 0 Å². The number of esters is 2. The molecule has 0 amide bonds. The van der Waals surface area contributed by atoms with Crippen molar-refractivity contribution in [3.63, 3.8) is 0 Å². The number of hydrogen-bond donors (Lipinski definition) is 2. The largest absolute Gasteiger partial charge is 0.466 e. The van der Waals surface area contributed by atoms with E-state index in [0.29, 0.717) is 26.1 Å². The fourth-order valence-electron chi connectivity index (χ4n) is 1.38. The lowest BCUT2D eigenvalue weighted by Crippen LogP contribution is -2.20. The highest BCUT2D eigenvalue weighted by molar-refractivity contribution is 7.82. The van der Waals surface area contributed by atoms with Gasteiger partial charge in [0.1, 0.15) is 0 Å². The van der Waals surface area contributed by atoms with Gasteiger partial charge in [0, 0.05) is 9.49 Å². The van der Waals surface area contributed by atoms with Crippen LogP contribution in [0.2, 0.25) is 0 Å². The first-order chi connectivity index (χ1) is 8.99. The van der Waals surface area contributed by atoms with E-state index in [0.717, 1.165) is 0 Å². The Morgan fingerprint density at radius 2 is 1.10 bits per heavy atom. The Morgan fingerprint density at radius 1 is 0.800 bits per heavy atom. The highest BCUT2D eigenvalue weighted by Gasteiger charge is 2.18. The smallest absolute Gasteiger partial charge is 0.307 e. The number of hydrogen-bond acceptors (Lipinski definition) is 6. The summed E-state index contributed by atoms with van der Waals surface area (Å²) in [6.07, 6.45) is 1.91. The van der Waals surface area contributed by atoms with E-state index in [1.807, 2.05) is 27.7 Å². The molecule has 0 saturated heterocycles. The number of ether oxygens (including phenoxy) is 2. The molecule has 0 atom stereocenters. The Kier molecular flexibility index (Phi) is 8.66. The van der Waals surface area contributed by atoms with E-state index in [2.05, 4.69) is 25.3 Å². The first-order valence-corrected chi connectivity index (χ1v) is 7.65. The molecule has 0 spiro atoms. The lowest BCUT2D eigenvalue weighted by molar-refractivity contribution is -0.146. The van der Waals surface area contributed by atoms with Crippen LogP contribution in [0, 0.1) is 0 Å². The first kappa shape index (κ1) is 19.6. The highest BCUT2D eigenvalue weighted by atomic mass is 32.1. The Morgan fingerprint density at radius 3 is 1.35 bits per heavy atom. The minimum Gasteiger partial charge on any atom is -0.466 e. The molecule has 0 unspecified atom stereocenters. The van der Waals surface area contributed by atoms with Crippen molar-refractivity contribution in [1.82, 2.24) is 0 Å². The molecule has 0 saturated carbocycles. The Bertz CT molecular complexity index is 284. The van der Waals surface area contributed by atoms with Gasteiger partial charge in [0.15, 0.2) is 0 Å². The zero-order chi connectivity index (χ0) is 15.8. The van der Waals surface area contributed by atoms with Gasteiger partial charge in [-0.3, -0.25) is 9.59 Å². The van der Waals surface area contributed by atoms with Crippen LogP contribution < -0.4 is 0 Å². The predicted molar refractivity (Wildman–Crippen MR) is 86.5 cm³/mol. The maximum Gasteiger partial charge on any atom is 0.307 e. The van der Waals surface area contributed by atoms with Crippen molar-refractivity contribution in [1.29, 1.82) is 0 Å². The Labute approximate surface area is 132 Å². The normalized spacial score (nSPS) is 12.1. The van der Waals surface area contributed by atoms with Gasteiger partial charge in [-0.1, -0.05) is 27.7 Å². The fourth-order valence-corrected chi connectivity index (χ4v) is 1.64. The van der Waals surface area contributed by atoms with Crippen LogP contribution in [-0.2, 0) is 19.1 Å². The van der Waals surface area contributed by atoms with Gasteiger partial charge in [-0.05, 0) is 12.8 Å². The van der Waals surface area contributed by atoms with Crippen LogP contribution in [0.1, 0.15) is 53.4 Å². The third-order valence-electron chi connectivity index (χ3n) is 2.22. The maximum absolute atomic E-state index is 11.4. The number of carbonyl (C=O) groups excluding carboxylic acids is 2. The van der Waals surface area contributed by atoms with E-state index in [-0.39, 0.29) is 34.3 Å². The van der Waals surface area contributed by atoms with E-state index >= 15 is 0 Å². The van der Waals surface area contributed by atoms with Crippen LogP contribution in [0.25, 0.3) is 0 Å². The van der Waals surface area contributed by atoms with Gasteiger partial charge in [0.2, 0.25) is 0 Å². The van der Waals surface area contributed by atoms with Gasteiger partial charge >= 0.3 is 11.9 Å². The van der Waals surface area contributed by atoms with Crippen molar-refractivity contribution in [2.24, 2.45) is 0 Å². The zero-order valence-corrected chi connectivity index (χ0v) is 14.6. The minimum atomic E-state index is -0.355. The summed E-state index contributed by atoms with van der Waals surface area (Å²) in [7, 11) is 0. The molecule has 0 aliphatic rings. The average molecular weight is 322 g/mol. The van der Waals surface area contributed by atoms with Crippen molar-refractivity contribution in [3.8, 4) is 0 Å². The second-order valence-corrected chi connectivity index (χ2v) is 8.55. The molecule has 20 heavy (non-hydrogen) atoms. The third-order valence-corrected chi connectivity index (χ3v) is 2.53. The summed E-state index contributed by atoms with van der Waals surface area (Å²) < 4.78 is 9.42. The lowest BCUT2D eigenvalue weighted by Gasteiger charge is -2.16. The summed E-state index contributed by atoms with van der Waals surface area (Å²) in [6, 6.07) is 0.